The molecule has 0 aliphatic rings. The van der Waals surface area contributed by atoms with Crippen molar-refractivity contribution in [3.05, 3.63) is 84.2 Å². The van der Waals surface area contributed by atoms with Crippen molar-refractivity contribution in [3.63, 3.8) is 0 Å². The first-order valence-electron chi connectivity index (χ1n) is 8.98. The zero-order valence-corrected chi connectivity index (χ0v) is 15.2. The van der Waals surface area contributed by atoms with Crippen LogP contribution in [0, 0.1) is 13.8 Å². The van der Waals surface area contributed by atoms with Crippen LogP contribution in [0.2, 0.25) is 0 Å². The van der Waals surface area contributed by atoms with Gasteiger partial charge in [0.25, 0.3) is 0 Å². The molecule has 0 amide bonds. The van der Waals surface area contributed by atoms with E-state index < -0.39 is 0 Å². The molecule has 132 valence electrons. The van der Waals surface area contributed by atoms with E-state index in [1.54, 1.807) is 6.07 Å². The largest absolute Gasteiger partial charge is 0.508 e. The standard InChI is InChI=1S/C23H19N3O/c1-15-12-16(2)26(24-15)18-7-5-6-17(13-18)25-22-9-4-3-8-20(22)21-11-10-19(27)14-23(21)25/h3-14,27H,1-2H3. The zero-order chi connectivity index (χ0) is 18.5. The smallest absolute Gasteiger partial charge is 0.117 e. The van der Waals surface area contributed by atoms with Crippen molar-refractivity contribution >= 4 is 21.8 Å². The molecule has 1 N–H and O–H groups in total. The maximum Gasteiger partial charge on any atom is 0.117 e. The molecule has 0 atom stereocenters. The highest BCUT2D eigenvalue weighted by Gasteiger charge is 2.13. The van der Waals surface area contributed by atoms with Gasteiger partial charge >= 0.3 is 0 Å². The molecule has 0 aliphatic heterocycles. The van der Waals surface area contributed by atoms with Gasteiger partial charge in [0, 0.05) is 28.2 Å². The predicted octanol–water partition coefficient (Wildman–Crippen LogP) is 5.29. The molecule has 0 spiro atoms. The van der Waals surface area contributed by atoms with Crippen LogP contribution in [0.3, 0.4) is 0 Å². The maximum atomic E-state index is 10.1. The van der Waals surface area contributed by atoms with Crippen molar-refractivity contribution in [2.75, 3.05) is 0 Å². The molecule has 2 heterocycles. The molecule has 0 saturated carbocycles. The maximum absolute atomic E-state index is 10.1. The van der Waals surface area contributed by atoms with E-state index in [9.17, 15) is 5.11 Å². The molecule has 0 radical (unpaired) electrons. The number of fused-ring (bicyclic) bond motifs is 3. The summed E-state index contributed by atoms with van der Waals surface area (Å²) in [6.07, 6.45) is 0. The highest BCUT2D eigenvalue weighted by atomic mass is 16.3. The summed E-state index contributed by atoms with van der Waals surface area (Å²) in [7, 11) is 0. The Morgan fingerprint density at radius 1 is 0.741 bits per heavy atom. The molecule has 0 aliphatic carbocycles. The Kier molecular flexibility index (Phi) is 3.34. The first-order chi connectivity index (χ1) is 13.1. The number of phenolic OH excluding ortho intramolecular Hbond substituents is 1. The minimum atomic E-state index is 0.265. The van der Waals surface area contributed by atoms with Gasteiger partial charge in [-0.25, -0.2) is 4.68 Å². The average molecular weight is 353 g/mol. The summed E-state index contributed by atoms with van der Waals surface area (Å²) in [4.78, 5) is 0. The first kappa shape index (κ1) is 15.7. The summed E-state index contributed by atoms with van der Waals surface area (Å²) in [6, 6.07) is 24.3. The van der Waals surface area contributed by atoms with Gasteiger partial charge in [0.2, 0.25) is 0 Å². The SMILES string of the molecule is Cc1cc(C)n(-c2cccc(-n3c4ccccc4c4ccc(O)cc43)c2)n1. The van der Waals surface area contributed by atoms with Crippen LogP contribution in [0.4, 0.5) is 0 Å². The van der Waals surface area contributed by atoms with Gasteiger partial charge in [-0.2, -0.15) is 5.10 Å². The second kappa shape index (κ2) is 5.74. The van der Waals surface area contributed by atoms with Crippen molar-refractivity contribution in [3.8, 4) is 17.1 Å². The number of hydrogen-bond donors (Lipinski definition) is 1. The van der Waals surface area contributed by atoms with E-state index in [4.69, 9.17) is 0 Å². The third kappa shape index (κ3) is 2.41. The fourth-order valence-electron chi connectivity index (χ4n) is 3.89. The summed E-state index contributed by atoms with van der Waals surface area (Å²) >= 11 is 0. The number of aromatic hydroxyl groups is 1. The molecular weight excluding hydrogens is 334 g/mol. The first-order valence-corrected chi connectivity index (χ1v) is 8.98. The predicted molar refractivity (Wildman–Crippen MR) is 109 cm³/mol. The third-order valence-corrected chi connectivity index (χ3v) is 5.00. The Bertz CT molecular complexity index is 1310. The summed E-state index contributed by atoms with van der Waals surface area (Å²) < 4.78 is 4.16. The van der Waals surface area contributed by atoms with Crippen LogP contribution >= 0.6 is 0 Å². The van der Waals surface area contributed by atoms with E-state index in [2.05, 4.69) is 53.0 Å². The normalized spacial score (nSPS) is 11.5. The van der Waals surface area contributed by atoms with Gasteiger partial charge in [-0.3, -0.25) is 0 Å². The molecule has 5 rings (SSSR count). The second-order valence-electron chi connectivity index (χ2n) is 6.91. The molecule has 5 aromatic rings. The topological polar surface area (TPSA) is 43.0 Å². The van der Waals surface area contributed by atoms with Gasteiger partial charge in [0.15, 0.2) is 0 Å². The van der Waals surface area contributed by atoms with Crippen molar-refractivity contribution in [1.82, 2.24) is 14.3 Å². The average Bonchev–Trinajstić information content (AvgIpc) is 3.17. The number of aryl methyl sites for hydroxylation is 2. The zero-order valence-electron chi connectivity index (χ0n) is 15.2. The van der Waals surface area contributed by atoms with E-state index in [-0.39, 0.29) is 5.75 Å². The van der Waals surface area contributed by atoms with E-state index >= 15 is 0 Å². The fourth-order valence-corrected chi connectivity index (χ4v) is 3.89. The lowest BCUT2D eigenvalue weighted by molar-refractivity contribution is 0.476. The Labute approximate surface area is 156 Å². The highest BCUT2D eigenvalue weighted by molar-refractivity contribution is 6.09. The molecule has 0 bridgehead atoms. The molecule has 4 nitrogen and oxygen atoms in total. The van der Waals surface area contributed by atoms with Crippen LogP contribution in [0.1, 0.15) is 11.4 Å². The molecule has 0 unspecified atom stereocenters. The van der Waals surface area contributed by atoms with Crippen LogP contribution < -0.4 is 0 Å². The molecule has 0 saturated heterocycles. The van der Waals surface area contributed by atoms with Gasteiger partial charge in [0.05, 0.1) is 22.4 Å². The van der Waals surface area contributed by atoms with Crippen LogP contribution in [-0.2, 0) is 0 Å². The van der Waals surface area contributed by atoms with Crippen LogP contribution in [0.15, 0.2) is 72.8 Å². The Balaban J connectivity index is 1.82. The molecule has 3 aromatic carbocycles. The summed E-state index contributed by atoms with van der Waals surface area (Å²) in [5.74, 6) is 0.265. The summed E-state index contributed by atoms with van der Waals surface area (Å²) in [5, 5.41) is 17.0. The van der Waals surface area contributed by atoms with E-state index in [1.807, 2.05) is 41.9 Å². The lowest BCUT2D eigenvalue weighted by atomic mass is 10.1. The van der Waals surface area contributed by atoms with Crippen molar-refractivity contribution in [1.29, 1.82) is 0 Å². The van der Waals surface area contributed by atoms with Crippen molar-refractivity contribution < 1.29 is 5.11 Å². The number of aromatic nitrogens is 3. The molecule has 0 fully saturated rings. The van der Waals surface area contributed by atoms with E-state index in [0.29, 0.717) is 0 Å². The lowest BCUT2D eigenvalue weighted by Crippen LogP contribution is -2.01. The van der Waals surface area contributed by atoms with Crippen LogP contribution in [0.25, 0.3) is 33.2 Å². The summed E-state index contributed by atoms with van der Waals surface area (Å²) in [5.41, 5.74) is 6.26. The minimum absolute atomic E-state index is 0.265. The van der Waals surface area contributed by atoms with Crippen LogP contribution in [-0.4, -0.2) is 19.5 Å². The number of hydrogen-bond acceptors (Lipinski definition) is 2. The van der Waals surface area contributed by atoms with Gasteiger partial charge in [-0.1, -0.05) is 24.3 Å². The Morgan fingerprint density at radius 2 is 1.52 bits per heavy atom. The van der Waals surface area contributed by atoms with Gasteiger partial charge in [-0.15, -0.1) is 0 Å². The van der Waals surface area contributed by atoms with Gasteiger partial charge in [-0.05, 0) is 56.3 Å². The molecule has 27 heavy (non-hydrogen) atoms. The van der Waals surface area contributed by atoms with E-state index in [0.717, 1.165) is 39.2 Å². The Morgan fingerprint density at radius 3 is 2.33 bits per heavy atom. The minimum Gasteiger partial charge on any atom is -0.508 e. The van der Waals surface area contributed by atoms with Gasteiger partial charge in [0.1, 0.15) is 5.75 Å². The molecule has 4 heteroatoms. The second-order valence-corrected chi connectivity index (χ2v) is 6.91. The third-order valence-electron chi connectivity index (χ3n) is 5.00. The fraction of sp³-hybridized carbons (Fsp3) is 0.0870. The van der Waals surface area contributed by atoms with Crippen molar-refractivity contribution in [2.24, 2.45) is 0 Å². The number of para-hydroxylation sites is 1. The van der Waals surface area contributed by atoms with Gasteiger partial charge < -0.3 is 9.67 Å². The quantitative estimate of drug-likeness (QED) is 0.468. The van der Waals surface area contributed by atoms with E-state index in [1.165, 1.54) is 5.39 Å². The Hall–Kier alpha value is -3.53. The monoisotopic (exact) mass is 353 g/mol. The molecule has 2 aromatic heterocycles. The highest BCUT2D eigenvalue weighted by Crippen LogP contribution is 2.34. The molecular formula is C23H19N3O. The number of benzene rings is 3. The van der Waals surface area contributed by atoms with Crippen molar-refractivity contribution in [2.45, 2.75) is 13.8 Å². The number of phenols is 1. The lowest BCUT2D eigenvalue weighted by Gasteiger charge is -2.11. The number of rotatable bonds is 2. The number of nitrogens with zero attached hydrogens (tertiary/aromatic N) is 3. The summed E-state index contributed by atoms with van der Waals surface area (Å²) in [6.45, 7) is 4.06. The van der Waals surface area contributed by atoms with Crippen LogP contribution in [0.5, 0.6) is 5.75 Å².